The summed E-state index contributed by atoms with van der Waals surface area (Å²) in [7, 11) is 0. The highest BCUT2D eigenvalue weighted by molar-refractivity contribution is 5.14. The summed E-state index contributed by atoms with van der Waals surface area (Å²) in [5.41, 5.74) is 1.39. The van der Waals surface area contributed by atoms with E-state index < -0.39 is 0 Å². The quantitative estimate of drug-likeness (QED) is 0.650. The molecule has 2 nitrogen and oxygen atoms in total. The van der Waals surface area contributed by atoms with Gasteiger partial charge in [0.1, 0.15) is 12.6 Å². The van der Waals surface area contributed by atoms with Gasteiger partial charge in [0.05, 0.1) is 19.7 Å². The van der Waals surface area contributed by atoms with Gasteiger partial charge in [0, 0.05) is 24.3 Å². The first-order valence-corrected chi connectivity index (χ1v) is 7.40. The Balaban J connectivity index is 1.87. The molecule has 102 valence electrons. The zero-order valence-corrected chi connectivity index (χ0v) is 11.5. The maximum absolute atomic E-state index is 9.77. The lowest BCUT2D eigenvalue weighted by atomic mass is 9.73. The number of rotatable bonds is 4. The lowest BCUT2D eigenvalue weighted by Crippen LogP contribution is -2.67. The monoisotopic (exact) mass is 258 g/mol. The molecule has 4 atom stereocenters. The average molecular weight is 258 g/mol. The molecular weight excluding hydrogens is 234 g/mol. The van der Waals surface area contributed by atoms with Crippen LogP contribution < -0.4 is 0 Å². The summed E-state index contributed by atoms with van der Waals surface area (Å²) >= 11 is 0. The molecule has 2 bridgehead atoms. The molecule has 3 aliphatic rings. The number of nitrogens with zero attached hydrogens (tertiary/aromatic N) is 1. The molecule has 3 heterocycles. The van der Waals surface area contributed by atoms with Crippen molar-refractivity contribution in [2.24, 2.45) is 11.8 Å². The number of hydrogen-bond donors (Lipinski definition) is 1. The van der Waals surface area contributed by atoms with Crippen molar-refractivity contribution in [3.05, 3.63) is 48.6 Å². The Hall–Kier alpha value is -1.12. The van der Waals surface area contributed by atoms with Gasteiger partial charge in [-0.1, -0.05) is 36.4 Å². The van der Waals surface area contributed by atoms with Gasteiger partial charge in [0.15, 0.2) is 0 Å². The molecule has 3 saturated heterocycles. The number of hydrogen-bond acceptors (Lipinski definition) is 1. The van der Waals surface area contributed by atoms with Crippen molar-refractivity contribution in [1.82, 2.24) is 0 Å². The van der Waals surface area contributed by atoms with Gasteiger partial charge in [0.25, 0.3) is 0 Å². The Morgan fingerprint density at radius 2 is 2.11 bits per heavy atom. The predicted molar refractivity (Wildman–Crippen MR) is 77.4 cm³/mol. The molecule has 0 saturated carbocycles. The van der Waals surface area contributed by atoms with Gasteiger partial charge in [-0.15, -0.1) is 6.58 Å². The number of benzene rings is 1. The summed E-state index contributed by atoms with van der Waals surface area (Å²) in [6, 6.07) is 11.2. The van der Waals surface area contributed by atoms with Gasteiger partial charge >= 0.3 is 0 Å². The van der Waals surface area contributed by atoms with Crippen LogP contribution in [0.25, 0.3) is 0 Å². The largest absolute Gasteiger partial charge is 0.390 e. The highest BCUT2D eigenvalue weighted by atomic mass is 16.3. The van der Waals surface area contributed by atoms with Crippen LogP contribution in [0.3, 0.4) is 0 Å². The Morgan fingerprint density at radius 1 is 1.32 bits per heavy atom. The normalized spacial score (nSPS) is 37.2. The van der Waals surface area contributed by atoms with Crippen LogP contribution in [0, 0.1) is 11.8 Å². The first-order valence-electron chi connectivity index (χ1n) is 7.40. The van der Waals surface area contributed by atoms with Crippen LogP contribution in [0.4, 0.5) is 0 Å². The second-order valence-electron chi connectivity index (χ2n) is 6.29. The minimum atomic E-state index is 0.327. The molecular formula is C17H24NO+. The molecule has 3 fully saturated rings. The molecule has 4 rings (SSSR count). The van der Waals surface area contributed by atoms with Gasteiger partial charge in [0.2, 0.25) is 0 Å². The molecule has 2 unspecified atom stereocenters. The van der Waals surface area contributed by atoms with Crippen molar-refractivity contribution < 1.29 is 9.59 Å². The lowest BCUT2D eigenvalue weighted by Gasteiger charge is -2.56. The van der Waals surface area contributed by atoms with Gasteiger partial charge in [-0.05, 0) is 5.92 Å². The summed E-state index contributed by atoms with van der Waals surface area (Å²) in [5, 5.41) is 9.77. The standard InChI is InChI=1S/C17H24NO/c1-2-15-12-18(11-14-6-4-3-5-7-14)9-8-16(15)10-17(18)13-19/h2-7,15-17,19H,1,8-13H2/q+1/t15-,16?,17-,18?/m0/s1. The average Bonchev–Trinajstić information content (AvgIpc) is 2.48. The first-order chi connectivity index (χ1) is 9.27. The zero-order chi connectivity index (χ0) is 13.3. The van der Waals surface area contributed by atoms with E-state index >= 15 is 0 Å². The predicted octanol–water partition coefficient (Wildman–Crippen LogP) is 2.59. The third-order valence-corrected chi connectivity index (χ3v) is 5.33. The molecule has 0 aromatic heterocycles. The molecule has 1 aromatic carbocycles. The van der Waals surface area contributed by atoms with Crippen molar-refractivity contribution in [2.45, 2.75) is 25.4 Å². The van der Waals surface area contributed by atoms with Crippen LogP contribution in [0.1, 0.15) is 18.4 Å². The Kier molecular flexibility index (Phi) is 3.46. The van der Waals surface area contributed by atoms with Crippen LogP contribution in [0.2, 0.25) is 0 Å². The van der Waals surface area contributed by atoms with Crippen molar-refractivity contribution in [2.75, 3.05) is 19.7 Å². The summed E-state index contributed by atoms with van der Waals surface area (Å²) in [6.07, 6.45) is 4.61. The molecule has 3 aliphatic heterocycles. The number of fused-ring (bicyclic) bond motifs is 3. The third kappa shape index (κ3) is 2.24. The van der Waals surface area contributed by atoms with E-state index in [0.717, 1.165) is 23.5 Å². The van der Waals surface area contributed by atoms with Crippen molar-refractivity contribution in [3.8, 4) is 0 Å². The molecule has 0 aliphatic carbocycles. The third-order valence-electron chi connectivity index (χ3n) is 5.33. The molecule has 0 radical (unpaired) electrons. The first kappa shape index (κ1) is 12.9. The maximum atomic E-state index is 9.77. The van der Waals surface area contributed by atoms with Crippen molar-refractivity contribution in [3.63, 3.8) is 0 Å². The Labute approximate surface area is 116 Å². The SMILES string of the molecule is C=C[C@H]1C[N+]2(Cc3ccccc3)CCC1C[C@H]2CO. The van der Waals surface area contributed by atoms with Gasteiger partial charge in [-0.3, -0.25) is 0 Å². The van der Waals surface area contributed by atoms with Gasteiger partial charge in [-0.25, -0.2) is 0 Å². The fourth-order valence-corrected chi connectivity index (χ4v) is 4.23. The fraction of sp³-hybridized carbons (Fsp3) is 0.529. The number of aliphatic hydroxyl groups is 1. The van der Waals surface area contributed by atoms with Gasteiger partial charge in [-0.2, -0.15) is 0 Å². The van der Waals surface area contributed by atoms with Crippen LogP contribution >= 0.6 is 0 Å². The highest BCUT2D eigenvalue weighted by Crippen LogP contribution is 2.43. The number of quaternary nitrogens is 1. The summed E-state index contributed by atoms with van der Waals surface area (Å²) < 4.78 is 1.06. The van der Waals surface area contributed by atoms with E-state index in [9.17, 15) is 5.11 Å². The topological polar surface area (TPSA) is 20.2 Å². The second-order valence-corrected chi connectivity index (χ2v) is 6.29. The van der Waals surface area contributed by atoms with E-state index in [1.807, 2.05) is 0 Å². The van der Waals surface area contributed by atoms with E-state index in [-0.39, 0.29) is 0 Å². The molecule has 1 N–H and O–H groups in total. The van der Waals surface area contributed by atoms with Gasteiger partial charge < -0.3 is 9.59 Å². The van der Waals surface area contributed by atoms with E-state index in [2.05, 4.69) is 43.0 Å². The van der Waals surface area contributed by atoms with E-state index in [1.54, 1.807) is 0 Å². The number of aliphatic hydroxyl groups excluding tert-OH is 1. The Morgan fingerprint density at radius 3 is 2.79 bits per heavy atom. The Bertz CT molecular complexity index is 444. The van der Waals surface area contributed by atoms with Crippen molar-refractivity contribution in [1.29, 1.82) is 0 Å². The molecule has 2 heteroatoms. The smallest absolute Gasteiger partial charge is 0.113 e. The van der Waals surface area contributed by atoms with Crippen molar-refractivity contribution >= 4 is 0 Å². The molecule has 0 amide bonds. The summed E-state index contributed by atoms with van der Waals surface area (Å²) in [4.78, 5) is 0. The van der Waals surface area contributed by atoms with E-state index in [0.29, 0.717) is 18.6 Å². The lowest BCUT2D eigenvalue weighted by molar-refractivity contribution is -0.981. The molecule has 1 aromatic rings. The minimum absolute atomic E-state index is 0.327. The molecule has 19 heavy (non-hydrogen) atoms. The van der Waals surface area contributed by atoms with Crippen LogP contribution in [0.5, 0.6) is 0 Å². The maximum Gasteiger partial charge on any atom is 0.113 e. The fourth-order valence-electron chi connectivity index (χ4n) is 4.23. The van der Waals surface area contributed by atoms with Crippen LogP contribution in [-0.2, 0) is 6.54 Å². The van der Waals surface area contributed by atoms with Crippen LogP contribution in [-0.4, -0.2) is 35.3 Å². The molecule has 0 spiro atoms. The van der Waals surface area contributed by atoms with Crippen LogP contribution in [0.15, 0.2) is 43.0 Å². The second kappa shape index (κ2) is 5.10. The summed E-state index contributed by atoms with van der Waals surface area (Å²) in [5.74, 6) is 1.39. The minimum Gasteiger partial charge on any atom is -0.390 e. The zero-order valence-electron chi connectivity index (χ0n) is 11.5. The number of piperidine rings is 3. The van der Waals surface area contributed by atoms with E-state index in [4.69, 9.17) is 0 Å². The highest BCUT2D eigenvalue weighted by Gasteiger charge is 2.50. The van der Waals surface area contributed by atoms with E-state index in [1.165, 1.54) is 24.9 Å². The summed E-state index contributed by atoms with van der Waals surface area (Å²) in [6.45, 7) is 7.78.